The lowest BCUT2D eigenvalue weighted by atomic mass is 10.1. The minimum absolute atomic E-state index is 0.409. The van der Waals surface area contributed by atoms with E-state index in [0.29, 0.717) is 6.42 Å². The van der Waals surface area contributed by atoms with E-state index in [0.717, 1.165) is 8.66 Å². The average Bonchev–Trinajstić information content (AvgIpc) is 2.47. The number of rotatable bonds is 4. The van der Waals surface area contributed by atoms with Crippen LogP contribution in [0, 0.1) is 0 Å². The first-order valence-electron chi connectivity index (χ1n) is 4.39. The van der Waals surface area contributed by atoms with Gasteiger partial charge in [0.25, 0.3) is 0 Å². The third-order valence-electron chi connectivity index (χ3n) is 1.96. The molecule has 0 spiro atoms. The van der Waals surface area contributed by atoms with E-state index >= 15 is 0 Å². The zero-order chi connectivity index (χ0) is 11.5. The molecule has 1 aromatic rings. The molecule has 1 rings (SSSR count). The lowest BCUT2D eigenvalue weighted by molar-refractivity contribution is -0.139. The molecule has 1 aromatic heterocycles. The summed E-state index contributed by atoms with van der Waals surface area (Å²) in [6.45, 7) is 0. The number of alkyl halides is 3. The van der Waals surface area contributed by atoms with Crippen molar-refractivity contribution in [2.45, 2.75) is 25.1 Å². The second-order valence-corrected chi connectivity index (χ2v) is 5.76. The minimum Gasteiger partial charge on any atom is -0.316 e. The second kappa shape index (κ2) is 5.32. The van der Waals surface area contributed by atoms with Gasteiger partial charge in [-0.3, -0.25) is 0 Å². The Morgan fingerprint density at radius 2 is 2.13 bits per heavy atom. The molecule has 15 heavy (non-hydrogen) atoms. The van der Waals surface area contributed by atoms with E-state index in [2.05, 4.69) is 21.2 Å². The average molecular weight is 302 g/mol. The van der Waals surface area contributed by atoms with Crippen LogP contribution in [0.5, 0.6) is 0 Å². The van der Waals surface area contributed by atoms with Crippen LogP contribution in [-0.2, 0) is 6.42 Å². The molecule has 0 fully saturated rings. The van der Waals surface area contributed by atoms with E-state index in [1.54, 1.807) is 7.05 Å². The molecule has 0 aliphatic heterocycles. The van der Waals surface area contributed by atoms with Crippen molar-refractivity contribution < 1.29 is 13.2 Å². The van der Waals surface area contributed by atoms with Crippen LogP contribution >= 0.6 is 27.3 Å². The van der Waals surface area contributed by atoms with Gasteiger partial charge in [0.15, 0.2) is 0 Å². The van der Waals surface area contributed by atoms with Crippen molar-refractivity contribution in [3.8, 4) is 0 Å². The Hall–Kier alpha value is -0.0700. The molecule has 0 radical (unpaired) electrons. The van der Waals surface area contributed by atoms with Gasteiger partial charge in [-0.25, -0.2) is 0 Å². The molecule has 0 saturated carbocycles. The van der Waals surface area contributed by atoms with Gasteiger partial charge in [0, 0.05) is 10.9 Å². The van der Waals surface area contributed by atoms with Crippen LogP contribution in [0.15, 0.2) is 15.9 Å². The molecule has 0 saturated heterocycles. The van der Waals surface area contributed by atoms with Crippen LogP contribution in [0.3, 0.4) is 0 Å². The number of hydrogen-bond acceptors (Lipinski definition) is 2. The van der Waals surface area contributed by atoms with Crippen LogP contribution < -0.4 is 5.32 Å². The Labute approximate surface area is 98.8 Å². The third kappa shape index (κ3) is 4.99. The van der Waals surface area contributed by atoms with E-state index < -0.39 is 18.6 Å². The maximum absolute atomic E-state index is 12.2. The lowest BCUT2D eigenvalue weighted by Gasteiger charge is -2.16. The molecule has 1 unspecified atom stereocenters. The quantitative estimate of drug-likeness (QED) is 0.896. The summed E-state index contributed by atoms with van der Waals surface area (Å²) < 4.78 is 37.4. The number of thiophene rings is 1. The van der Waals surface area contributed by atoms with Crippen molar-refractivity contribution in [1.29, 1.82) is 0 Å². The van der Waals surface area contributed by atoms with E-state index in [9.17, 15) is 13.2 Å². The van der Waals surface area contributed by atoms with Crippen molar-refractivity contribution >= 4 is 27.3 Å². The number of halogens is 4. The number of nitrogens with one attached hydrogen (secondary N) is 1. The van der Waals surface area contributed by atoms with Crippen LogP contribution in [0.4, 0.5) is 13.2 Å². The summed E-state index contributed by atoms with van der Waals surface area (Å²) in [5, 5.41) is 2.69. The molecule has 6 heteroatoms. The normalized spacial score (nSPS) is 14.2. The Morgan fingerprint density at radius 1 is 1.47 bits per heavy atom. The van der Waals surface area contributed by atoms with Gasteiger partial charge in [0.2, 0.25) is 0 Å². The van der Waals surface area contributed by atoms with E-state index in [1.807, 2.05) is 12.1 Å². The predicted molar refractivity (Wildman–Crippen MR) is 59.2 cm³/mol. The third-order valence-corrected chi connectivity index (χ3v) is 3.61. The van der Waals surface area contributed by atoms with Gasteiger partial charge in [-0.1, -0.05) is 0 Å². The first-order valence-corrected chi connectivity index (χ1v) is 6.00. The Balaban J connectivity index is 2.54. The van der Waals surface area contributed by atoms with Gasteiger partial charge in [0.1, 0.15) is 0 Å². The highest BCUT2D eigenvalue weighted by Gasteiger charge is 2.31. The molecule has 1 nitrogen and oxygen atoms in total. The van der Waals surface area contributed by atoms with Crippen LogP contribution in [0.1, 0.15) is 11.3 Å². The summed E-state index contributed by atoms with van der Waals surface area (Å²) in [5.74, 6) is 0. The first-order chi connectivity index (χ1) is 6.90. The van der Waals surface area contributed by atoms with Crippen molar-refractivity contribution in [1.82, 2.24) is 5.32 Å². The Kier molecular flexibility index (Phi) is 4.61. The SMILES string of the molecule is CNC(Cc1ccc(Br)s1)CC(F)(F)F. The van der Waals surface area contributed by atoms with E-state index in [1.165, 1.54) is 11.3 Å². The largest absolute Gasteiger partial charge is 0.390 e. The zero-order valence-electron chi connectivity index (χ0n) is 8.07. The van der Waals surface area contributed by atoms with Crippen LogP contribution in [-0.4, -0.2) is 19.3 Å². The molecule has 1 N–H and O–H groups in total. The molecule has 0 aromatic carbocycles. The number of hydrogen-bond donors (Lipinski definition) is 1. The van der Waals surface area contributed by atoms with Gasteiger partial charge >= 0.3 is 6.18 Å². The zero-order valence-corrected chi connectivity index (χ0v) is 10.5. The summed E-state index contributed by atoms with van der Waals surface area (Å²) in [5.41, 5.74) is 0. The highest BCUT2D eigenvalue weighted by Crippen LogP contribution is 2.27. The summed E-state index contributed by atoms with van der Waals surface area (Å²) in [4.78, 5) is 0.950. The molecule has 0 bridgehead atoms. The smallest absolute Gasteiger partial charge is 0.316 e. The van der Waals surface area contributed by atoms with Gasteiger partial charge in [0.05, 0.1) is 10.2 Å². The molecule has 0 aliphatic rings. The molecule has 86 valence electrons. The standard InChI is InChI=1S/C9H11BrF3NS/c1-14-6(5-9(11,12)13)4-7-2-3-8(10)15-7/h2-3,6,14H,4-5H2,1H3. The second-order valence-electron chi connectivity index (χ2n) is 3.21. The molecule has 0 amide bonds. The minimum atomic E-state index is -4.11. The summed E-state index contributed by atoms with van der Waals surface area (Å²) in [7, 11) is 1.55. The first kappa shape index (κ1) is 13.0. The van der Waals surface area contributed by atoms with Crippen molar-refractivity contribution in [2.24, 2.45) is 0 Å². The van der Waals surface area contributed by atoms with E-state index in [4.69, 9.17) is 0 Å². The van der Waals surface area contributed by atoms with Crippen molar-refractivity contribution in [3.05, 3.63) is 20.8 Å². The van der Waals surface area contributed by atoms with Crippen molar-refractivity contribution in [2.75, 3.05) is 7.05 Å². The summed E-state index contributed by atoms with van der Waals surface area (Å²) in [6.07, 6.45) is -4.49. The van der Waals surface area contributed by atoms with E-state index in [-0.39, 0.29) is 0 Å². The summed E-state index contributed by atoms with van der Waals surface area (Å²) >= 11 is 4.75. The Morgan fingerprint density at radius 3 is 2.53 bits per heavy atom. The topological polar surface area (TPSA) is 12.0 Å². The van der Waals surface area contributed by atoms with Gasteiger partial charge in [-0.05, 0) is 41.5 Å². The fraction of sp³-hybridized carbons (Fsp3) is 0.556. The van der Waals surface area contributed by atoms with Gasteiger partial charge in [-0.2, -0.15) is 13.2 Å². The molecule has 0 aliphatic carbocycles. The highest BCUT2D eigenvalue weighted by atomic mass is 79.9. The maximum Gasteiger partial charge on any atom is 0.390 e. The fourth-order valence-corrected chi connectivity index (χ4v) is 2.82. The summed E-state index contributed by atoms with van der Waals surface area (Å²) in [6, 6.07) is 3.14. The van der Waals surface area contributed by atoms with Crippen molar-refractivity contribution in [3.63, 3.8) is 0 Å². The molecular formula is C9H11BrF3NS. The molecular weight excluding hydrogens is 291 g/mol. The Bertz CT molecular complexity index is 311. The highest BCUT2D eigenvalue weighted by molar-refractivity contribution is 9.11. The molecule has 1 atom stereocenters. The van der Waals surface area contributed by atoms with Crippen LogP contribution in [0.2, 0.25) is 0 Å². The number of likely N-dealkylation sites (N-methyl/N-ethyl adjacent to an activating group) is 1. The van der Waals surface area contributed by atoms with Gasteiger partial charge < -0.3 is 5.32 Å². The maximum atomic E-state index is 12.2. The monoisotopic (exact) mass is 301 g/mol. The lowest BCUT2D eigenvalue weighted by Crippen LogP contribution is -2.32. The van der Waals surface area contributed by atoms with Gasteiger partial charge in [-0.15, -0.1) is 11.3 Å². The fourth-order valence-electron chi connectivity index (χ4n) is 1.26. The van der Waals surface area contributed by atoms with Crippen LogP contribution in [0.25, 0.3) is 0 Å². The predicted octanol–water partition coefficient (Wildman–Crippen LogP) is 3.59. The molecule has 1 heterocycles.